The van der Waals surface area contributed by atoms with Crippen molar-refractivity contribution in [1.82, 2.24) is 5.32 Å². The lowest BCUT2D eigenvalue weighted by atomic mass is 9.70. The number of ether oxygens (including phenoxy) is 1. The third kappa shape index (κ3) is 4.95. The van der Waals surface area contributed by atoms with Crippen LogP contribution in [0, 0.1) is 5.41 Å². The van der Waals surface area contributed by atoms with E-state index in [-0.39, 0.29) is 5.91 Å². The summed E-state index contributed by atoms with van der Waals surface area (Å²) < 4.78 is 5.36. The van der Waals surface area contributed by atoms with Crippen molar-refractivity contribution in [2.24, 2.45) is 5.41 Å². The van der Waals surface area contributed by atoms with Crippen LogP contribution in [0.4, 0.5) is 5.69 Å². The third-order valence-corrected chi connectivity index (χ3v) is 5.29. The minimum absolute atomic E-state index is 0.108. The number of para-hydroxylation sites is 1. The predicted octanol–water partition coefficient (Wildman–Crippen LogP) is 3.20. The van der Waals surface area contributed by atoms with Gasteiger partial charge in [0.2, 0.25) is 0 Å². The van der Waals surface area contributed by atoms with Crippen LogP contribution in [-0.2, 0) is 4.74 Å². The quantitative estimate of drug-likeness (QED) is 0.631. The van der Waals surface area contributed by atoms with Crippen molar-refractivity contribution in [2.75, 3.05) is 31.6 Å². The van der Waals surface area contributed by atoms with Gasteiger partial charge < -0.3 is 20.5 Å². The molecule has 0 bridgehead atoms. The zero-order valence-electron chi connectivity index (χ0n) is 15.7. The van der Waals surface area contributed by atoms with Crippen LogP contribution < -0.4 is 10.6 Å². The van der Waals surface area contributed by atoms with E-state index in [9.17, 15) is 9.90 Å². The molecule has 1 saturated heterocycles. The van der Waals surface area contributed by atoms with Gasteiger partial charge in [-0.1, -0.05) is 39.3 Å². The first-order chi connectivity index (χ1) is 11.9. The molecule has 1 aromatic rings. The second-order valence-corrected chi connectivity index (χ2v) is 7.54. The minimum atomic E-state index is -0.808. The monoisotopic (exact) mass is 348 g/mol. The van der Waals surface area contributed by atoms with Gasteiger partial charge in [-0.15, -0.1) is 0 Å². The highest BCUT2D eigenvalue weighted by Gasteiger charge is 2.44. The maximum absolute atomic E-state index is 12.7. The molecule has 0 radical (unpaired) electrons. The number of unbranched alkanes of at least 4 members (excludes halogenated alkanes) is 1. The number of carbonyl (C=O) groups is 1. The number of aliphatic hydroxyl groups is 1. The summed E-state index contributed by atoms with van der Waals surface area (Å²) in [7, 11) is 0. The molecular formula is C20H32N2O3. The van der Waals surface area contributed by atoms with Crippen molar-refractivity contribution in [2.45, 2.75) is 52.1 Å². The van der Waals surface area contributed by atoms with Crippen LogP contribution in [0.1, 0.15) is 56.8 Å². The van der Waals surface area contributed by atoms with Gasteiger partial charge in [0.15, 0.2) is 0 Å². The Morgan fingerprint density at radius 1 is 1.28 bits per heavy atom. The van der Waals surface area contributed by atoms with E-state index in [0.29, 0.717) is 38.2 Å². The molecule has 1 aliphatic heterocycles. The van der Waals surface area contributed by atoms with Gasteiger partial charge in [-0.05, 0) is 18.6 Å². The summed E-state index contributed by atoms with van der Waals surface area (Å²) in [6.07, 6.45) is 3.38. The largest absolute Gasteiger partial charge is 0.389 e. The molecule has 0 aromatic heterocycles. The highest BCUT2D eigenvalue weighted by molar-refractivity contribution is 5.99. The number of carbonyl (C=O) groups excluding carboxylic acids is 1. The molecule has 0 unspecified atom stereocenters. The maximum atomic E-state index is 12.7. The predicted molar refractivity (Wildman–Crippen MR) is 101 cm³/mol. The standard InChI is InChI=1S/C20H32N2O3/c1-4-5-12-21-17-9-7-6-8-16(17)18(23)22-15-19(2,3)20(24)10-13-25-14-11-20/h6-9,21,24H,4-5,10-15H2,1-3H3,(H,22,23). The van der Waals surface area contributed by atoms with Gasteiger partial charge in [0.25, 0.3) is 5.91 Å². The highest BCUT2D eigenvalue weighted by atomic mass is 16.5. The lowest BCUT2D eigenvalue weighted by Crippen LogP contribution is -2.53. The van der Waals surface area contributed by atoms with E-state index in [2.05, 4.69) is 17.6 Å². The number of hydrogen-bond donors (Lipinski definition) is 3. The van der Waals surface area contributed by atoms with Crippen LogP contribution >= 0.6 is 0 Å². The molecule has 5 nitrogen and oxygen atoms in total. The SMILES string of the molecule is CCCCNc1ccccc1C(=O)NCC(C)(C)C1(O)CCOCC1. The van der Waals surface area contributed by atoms with E-state index in [0.717, 1.165) is 25.1 Å². The third-order valence-electron chi connectivity index (χ3n) is 5.29. The Labute approximate surface area is 151 Å². The molecule has 1 heterocycles. The fourth-order valence-electron chi connectivity index (χ4n) is 3.18. The first-order valence-corrected chi connectivity index (χ1v) is 9.31. The topological polar surface area (TPSA) is 70.6 Å². The van der Waals surface area contributed by atoms with E-state index in [4.69, 9.17) is 4.74 Å². The van der Waals surface area contributed by atoms with Crippen LogP contribution in [0.15, 0.2) is 24.3 Å². The van der Waals surface area contributed by atoms with E-state index in [1.54, 1.807) is 0 Å². The molecule has 3 N–H and O–H groups in total. The van der Waals surface area contributed by atoms with Crippen LogP contribution in [0.5, 0.6) is 0 Å². The molecule has 1 aromatic carbocycles. The van der Waals surface area contributed by atoms with Crippen LogP contribution in [0.3, 0.4) is 0 Å². The van der Waals surface area contributed by atoms with E-state index >= 15 is 0 Å². The van der Waals surface area contributed by atoms with E-state index < -0.39 is 11.0 Å². The maximum Gasteiger partial charge on any atom is 0.253 e. The van der Waals surface area contributed by atoms with Gasteiger partial charge in [0.1, 0.15) is 0 Å². The Kier molecular flexibility index (Phi) is 6.85. The average Bonchev–Trinajstić information content (AvgIpc) is 2.61. The zero-order valence-corrected chi connectivity index (χ0v) is 15.7. The lowest BCUT2D eigenvalue weighted by molar-refractivity contribution is -0.130. The van der Waals surface area contributed by atoms with Crippen LogP contribution in [-0.4, -0.2) is 42.9 Å². The molecule has 2 rings (SSSR count). The summed E-state index contributed by atoms with van der Waals surface area (Å²) in [5, 5.41) is 17.3. The van der Waals surface area contributed by atoms with Crippen molar-refractivity contribution in [3.63, 3.8) is 0 Å². The number of nitrogens with one attached hydrogen (secondary N) is 2. The molecule has 0 atom stereocenters. The summed E-state index contributed by atoms with van der Waals surface area (Å²) in [6.45, 7) is 8.56. The Hall–Kier alpha value is -1.59. The van der Waals surface area contributed by atoms with Crippen molar-refractivity contribution >= 4 is 11.6 Å². The lowest BCUT2D eigenvalue weighted by Gasteiger charge is -2.45. The van der Waals surface area contributed by atoms with Gasteiger partial charge in [0, 0.05) is 50.2 Å². The van der Waals surface area contributed by atoms with Gasteiger partial charge in [-0.25, -0.2) is 0 Å². The molecule has 5 heteroatoms. The molecule has 1 aliphatic rings. The Bertz CT molecular complexity index is 566. The normalized spacial score (nSPS) is 17.1. The number of anilines is 1. The highest BCUT2D eigenvalue weighted by Crippen LogP contribution is 2.38. The van der Waals surface area contributed by atoms with E-state index in [1.165, 1.54) is 0 Å². The summed E-state index contributed by atoms with van der Waals surface area (Å²) in [4.78, 5) is 12.7. The molecule has 1 fully saturated rings. The molecule has 0 aliphatic carbocycles. The van der Waals surface area contributed by atoms with Gasteiger partial charge in [-0.2, -0.15) is 0 Å². The average molecular weight is 348 g/mol. The van der Waals surface area contributed by atoms with E-state index in [1.807, 2.05) is 38.1 Å². The summed E-state index contributed by atoms with van der Waals surface area (Å²) >= 11 is 0. The smallest absolute Gasteiger partial charge is 0.253 e. The molecule has 25 heavy (non-hydrogen) atoms. The molecular weight excluding hydrogens is 316 g/mol. The minimum Gasteiger partial charge on any atom is -0.389 e. The number of rotatable bonds is 8. The van der Waals surface area contributed by atoms with Crippen LogP contribution in [0.2, 0.25) is 0 Å². The number of amides is 1. The number of hydrogen-bond acceptors (Lipinski definition) is 4. The van der Waals surface area contributed by atoms with Crippen LogP contribution in [0.25, 0.3) is 0 Å². The first kappa shape index (κ1) is 19.7. The second-order valence-electron chi connectivity index (χ2n) is 7.54. The first-order valence-electron chi connectivity index (χ1n) is 9.31. The van der Waals surface area contributed by atoms with Crippen molar-refractivity contribution in [1.29, 1.82) is 0 Å². The Balaban J connectivity index is 2.00. The Morgan fingerprint density at radius 2 is 1.96 bits per heavy atom. The fraction of sp³-hybridized carbons (Fsp3) is 0.650. The Morgan fingerprint density at radius 3 is 2.64 bits per heavy atom. The molecule has 0 saturated carbocycles. The number of benzene rings is 1. The van der Waals surface area contributed by atoms with Crippen molar-refractivity contribution in [3.8, 4) is 0 Å². The fourth-order valence-corrected chi connectivity index (χ4v) is 3.18. The zero-order chi connectivity index (χ0) is 18.3. The van der Waals surface area contributed by atoms with Crippen molar-refractivity contribution < 1.29 is 14.6 Å². The van der Waals surface area contributed by atoms with Crippen molar-refractivity contribution in [3.05, 3.63) is 29.8 Å². The second kappa shape index (κ2) is 8.68. The van der Waals surface area contributed by atoms with Gasteiger partial charge >= 0.3 is 0 Å². The molecule has 0 spiro atoms. The molecule has 140 valence electrons. The summed E-state index contributed by atoms with van der Waals surface area (Å²) in [5.74, 6) is -0.108. The molecule has 1 amide bonds. The summed E-state index contributed by atoms with van der Waals surface area (Å²) in [6, 6.07) is 7.57. The summed E-state index contributed by atoms with van der Waals surface area (Å²) in [5.41, 5.74) is 0.276. The van der Waals surface area contributed by atoms with Gasteiger partial charge in [0.05, 0.1) is 11.2 Å². The van der Waals surface area contributed by atoms with Gasteiger partial charge in [-0.3, -0.25) is 4.79 Å².